The van der Waals surface area contributed by atoms with Crippen LogP contribution in [0.1, 0.15) is 5.56 Å². The number of nitrogens with one attached hydrogen (secondary N) is 1. The molecule has 1 amide bonds. The van der Waals surface area contributed by atoms with Gasteiger partial charge in [0, 0.05) is 24.5 Å². The van der Waals surface area contributed by atoms with E-state index in [-0.39, 0.29) is 12.5 Å². The molecule has 3 aromatic rings. The van der Waals surface area contributed by atoms with Gasteiger partial charge in [0.05, 0.1) is 7.11 Å². The topological polar surface area (TPSA) is 81.9 Å². The lowest BCUT2D eigenvalue weighted by molar-refractivity contribution is -0.121. The van der Waals surface area contributed by atoms with E-state index in [4.69, 9.17) is 4.74 Å². The van der Waals surface area contributed by atoms with Crippen LogP contribution in [0.15, 0.2) is 55.1 Å². The number of pyridine rings is 1. The summed E-state index contributed by atoms with van der Waals surface area (Å²) in [7, 11) is 1.62. The number of rotatable bonds is 6. The van der Waals surface area contributed by atoms with Gasteiger partial charge in [-0.05, 0) is 29.8 Å². The first kappa shape index (κ1) is 15.7. The molecule has 0 spiro atoms. The molecule has 0 aliphatic heterocycles. The highest BCUT2D eigenvalue weighted by atomic mass is 16.5. The van der Waals surface area contributed by atoms with Crippen molar-refractivity contribution >= 4 is 5.91 Å². The molecule has 0 aliphatic rings. The summed E-state index contributed by atoms with van der Waals surface area (Å²) in [4.78, 5) is 16.2. The highest BCUT2D eigenvalue weighted by Gasteiger charge is 2.10. The number of ether oxygens (including phenoxy) is 1. The molecule has 0 unspecified atom stereocenters. The van der Waals surface area contributed by atoms with Gasteiger partial charge in [-0.3, -0.25) is 9.78 Å². The Morgan fingerprint density at radius 2 is 2.08 bits per heavy atom. The molecular formula is C17H17N5O2. The fourth-order valence-electron chi connectivity index (χ4n) is 2.29. The van der Waals surface area contributed by atoms with E-state index in [2.05, 4.69) is 20.5 Å². The molecule has 122 valence electrons. The number of aromatic nitrogens is 4. The molecule has 24 heavy (non-hydrogen) atoms. The van der Waals surface area contributed by atoms with Gasteiger partial charge in [-0.15, -0.1) is 10.2 Å². The van der Waals surface area contributed by atoms with Crippen LogP contribution in [0.4, 0.5) is 0 Å². The van der Waals surface area contributed by atoms with E-state index in [1.165, 1.54) is 0 Å². The zero-order chi connectivity index (χ0) is 16.8. The van der Waals surface area contributed by atoms with Gasteiger partial charge in [0.15, 0.2) is 5.82 Å². The molecule has 0 saturated heterocycles. The molecule has 0 bridgehead atoms. The summed E-state index contributed by atoms with van der Waals surface area (Å²) >= 11 is 0. The van der Waals surface area contributed by atoms with Gasteiger partial charge in [0.25, 0.3) is 0 Å². The number of amides is 1. The molecule has 2 aromatic heterocycles. The largest absolute Gasteiger partial charge is 0.497 e. The van der Waals surface area contributed by atoms with Crippen molar-refractivity contribution in [3.63, 3.8) is 0 Å². The van der Waals surface area contributed by atoms with Crippen LogP contribution in [0.5, 0.6) is 5.75 Å². The lowest BCUT2D eigenvalue weighted by Gasteiger charge is -2.09. The van der Waals surface area contributed by atoms with E-state index in [0.717, 1.165) is 16.9 Å². The second-order valence-corrected chi connectivity index (χ2v) is 5.15. The van der Waals surface area contributed by atoms with Crippen LogP contribution in [0.2, 0.25) is 0 Å². The SMILES string of the molecule is COc1cccc(CNC(=O)Cn2cnnc2-c2ccncc2)c1. The van der Waals surface area contributed by atoms with Crippen molar-refractivity contribution in [1.82, 2.24) is 25.1 Å². The fraction of sp³-hybridized carbons (Fsp3) is 0.176. The average molecular weight is 323 g/mol. The van der Waals surface area contributed by atoms with Crippen LogP contribution in [-0.2, 0) is 17.9 Å². The van der Waals surface area contributed by atoms with Crippen LogP contribution in [0.25, 0.3) is 11.4 Å². The van der Waals surface area contributed by atoms with Gasteiger partial charge in [0.2, 0.25) is 5.91 Å². The van der Waals surface area contributed by atoms with E-state index in [1.807, 2.05) is 36.4 Å². The second-order valence-electron chi connectivity index (χ2n) is 5.15. The first-order valence-electron chi connectivity index (χ1n) is 7.44. The van der Waals surface area contributed by atoms with Crippen molar-refractivity contribution in [1.29, 1.82) is 0 Å². The third-order valence-corrected chi connectivity index (χ3v) is 3.49. The Labute approximate surface area is 139 Å². The van der Waals surface area contributed by atoms with Gasteiger partial charge in [-0.2, -0.15) is 0 Å². The van der Waals surface area contributed by atoms with Gasteiger partial charge < -0.3 is 14.6 Å². The zero-order valence-corrected chi connectivity index (χ0v) is 13.2. The van der Waals surface area contributed by atoms with Gasteiger partial charge in [-0.25, -0.2) is 0 Å². The Bertz CT molecular complexity index is 817. The van der Waals surface area contributed by atoms with Crippen molar-refractivity contribution in [3.05, 3.63) is 60.7 Å². The lowest BCUT2D eigenvalue weighted by atomic mass is 10.2. The monoisotopic (exact) mass is 323 g/mol. The maximum atomic E-state index is 12.2. The number of hydrogen-bond donors (Lipinski definition) is 1. The molecule has 7 nitrogen and oxygen atoms in total. The maximum absolute atomic E-state index is 12.2. The summed E-state index contributed by atoms with van der Waals surface area (Å²) in [6, 6.07) is 11.2. The summed E-state index contributed by atoms with van der Waals surface area (Å²) in [5, 5.41) is 10.8. The number of hydrogen-bond acceptors (Lipinski definition) is 5. The van der Waals surface area contributed by atoms with E-state index in [1.54, 1.807) is 30.4 Å². The Hall–Kier alpha value is -3.22. The van der Waals surface area contributed by atoms with Crippen LogP contribution in [-0.4, -0.2) is 32.8 Å². The summed E-state index contributed by atoms with van der Waals surface area (Å²) in [6.07, 6.45) is 4.90. The predicted molar refractivity (Wildman–Crippen MR) is 88.1 cm³/mol. The first-order valence-corrected chi connectivity index (χ1v) is 7.44. The minimum Gasteiger partial charge on any atom is -0.497 e. The van der Waals surface area contributed by atoms with Crippen molar-refractivity contribution in [3.8, 4) is 17.1 Å². The van der Waals surface area contributed by atoms with Gasteiger partial charge in [0.1, 0.15) is 18.6 Å². The van der Waals surface area contributed by atoms with Crippen molar-refractivity contribution in [2.45, 2.75) is 13.1 Å². The fourth-order valence-corrected chi connectivity index (χ4v) is 2.29. The third kappa shape index (κ3) is 3.75. The molecule has 0 saturated carbocycles. The Kier molecular flexibility index (Phi) is 4.81. The van der Waals surface area contributed by atoms with Crippen LogP contribution in [0.3, 0.4) is 0 Å². The van der Waals surface area contributed by atoms with Crippen LogP contribution >= 0.6 is 0 Å². The van der Waals surface area contributed by atoms with Crippen LogP contribution in [0, 0.1) is 0 Å². The molecule has 3 rings (SSSR count). The van der Waals surface area contributed by atoms with Crippen LogP contribution < -0.4 is 10.1 Å². The maximum Gasteiger partial charge on any atom is 0.240 e. The normalized spacial score (nSPS) is 10.4. The standard InChI is InChI=1S/C17H17N5O2/c1-24-15-4-2-3-13(9-15)10-19-16(23)11-22-12-20-21-17(22)14-5-7-18-8-6-14/h2-9,12H,10-11H2,1H3,(H,19,23). The summed E-state index contributed by atoms with van der Waals surface area (Å²) in [5.74, 6) is 1.28. The minimum absolute atomic E-state index is 0.118. The Morgan fingerprint density at radius 3 is 2.88 bits per heavy atom. The summed E-state index contributed by atoms with van der Waals surface area (Å²) in [6.45, 7) is 0.581. The number of nitrogens with zero attached hydrogens (tertiary/aromatic N) is 4. The van der Waals surface area contributed by atoms with E-state index in [0.29, 0.717) is 12.4 Å². The highest BCUT2D eigenvalue weighted by molar-refractivity contribution is 5.76. The predicted octanol–water partition coefficient (Wildman–Crippen LogP) is 1.67. The third-order valence-electron chi connectivity index (χ3n) is 3.49. The number of carbonyl (C=O) groups is 1. The summed E-state index contributed by atoms with van der Waals surface area (Å²) < 4.78 is 6.88. The molecule has 2 heterocycles. The quantitative estimate of drug-likeness (QED) is 0.746. The molecule has 0 atom stereocenters. The molecule has 0 radical (unpaired) electrons. The average Bonchev–Trinajstić information content (AvgIpc) is 3.09. The molecular weight excluding hydrogens is 306 g/mol. The van der Waals surface area contributed by atoms with E-state index < -0.39 is 0 Å². The first-order chi connectivity index (χ1) is 11.8. The van der Waals surface area contributed by atoms with E-state index in [9.17, 15) is 4.79 Å². The minimum atomic E-state index is -0.118. The van der Waals surface area contributed by atoms with E-state index >= 15 is 0 Å². The van der Waals surface area contributed by atoms with Gasteiger partial charge >= 0.3 is 0 Å². The van der Waals surface area contributed by atoms with Crippen molar-refractivity contribution < 1.29 is 9.53 Å². The lowest BCUT2D eigenvalue weighted by Crippen LogP contribution is -2.27. The number of methoxy groups -OCH3 is 1. The zero-order valence-electron chi connectivity index (χ0n) is 13.2. The molecule has 0 aliphatic carbocycles. The van der Waals surface area contributed by atoms with Crippen molar-refractivity contribution in [2.75, 3.05) is 7.11 Å². The van der Waals surface area contributed by atoms with Crippen molar-refractivity contribution in [2.24, 2.45) is 0 Å². The second kappa shape index (κ2) is 7.36. The molecule has 1 N–H and O–H groups in total. The molecule has 7 heteroatoms. The highest BCUT2D eigenvalue weighted by Crippen LogP contribution is 2.15. The summed E-state index contributed by atoms with van der Waals surface area (Å²) in [5.41, 5.74) is 1.84. The Morgan fingerprint density at radius 1 is 1.25 bits per heavy atom. The number of carbonyl (C=O) groups excluding carboxylic acids is 1. The molecule has 1 aromatic carbocycles. The van der Waals surface area contributed by atoms with Gasteiger partial charge in [-0.1, -0.05) is 12.1 Å². The Balaban J connectivity index is 1.63. The smallest absolute Gasteiger partial charge is 0.240 e. The number of benzene rings is 1. The molecule has 0 fully saturated rings.